The molecule has 2 aromatic carbocycles. The lowest BCUT2D eigenvalue weighted by Crippen LogP contribution is -2.23. The van der Waals surface area contributed by atoms with Gasteiger partial charge in [-0.2, -0.15) is 18.3 Å². The molecule has 1 N–H and O–H groups in total. The molecule has 1 aromatic heterocycles. The van der Waals surface area contributed by atoms with Gasteiger partial charge in [0.25, 0.3) is 11.6 Å². The molecule has 0 saturated carbocycles. The number of nitrogens with one attached hydrogen (secondary N) is 1. The molecule has 7 nitrogen and oxygen atoms in total. The van der Waals surface area contributed by atoms with Gasteiger partial charge in [0.15, 0.2) is 0 Å². The standard InChI is InChI=1S/C21H19F3N4O3/c1-13(2)27-12-16(11-26-27)18-9-15(6-7-19(18)28(30)31)20(29)25-10-14-4-3-5-17(8-14)21(22,23)24/h3-9,11-13H,10H2,1-2H3,(H,25,29). The molecule has 0 radical (unpaired) electrons. The van der Waals surface area contributed by atoms with Gasteiger partial charge < -0.3 is 5.32 Å². The van der Waals surface area contributed by atoms with Gasteiger partial charge >= 0.3 is 6.18 Å². The molecule has 0 aliphatic heterocycles. The monoisotopic (exact) mass is 432 g/mol. The van der Waals surface area contributed by atoms with Crippen molar-refractivity contribution in [3.63, 3.8) is 0 Å². The summed E-state index contributed by atoms with van der Waals surface area (Å²) < 4.78 is 40.2. The highest BCUT2D eigenvalue weighted by molar-refractivity contribution is 5.96. The number of hydrogen-bond acceptors (Lipinski definition) is 4. The molecule has 3 rings (SSSR count). The molecule has 0 fully saturated rings. The van der Waals surface area contributed by atoms with Crippen LogP contribution < -0.4 is 5.32 Å². The Bertz CT molecular complexity index is 1120. The van der Waals surface area contributed by atoms with Crippen LogP contribution in [0.3, 0.4) is 0 Å². The third-order valence-corrected chi connectivity index (χ3v) is 4.60. The molecule has 0 atom stereocenters. The van der Waals surface area contributed by atoms with Gasteiger partial charge in [0.2, 0.25) is 0 Å². The van der Waals surface area contributed by atoms with E-state index in [0.29, 0.717) is 5.56 Å². The second kappa shape index (κ2) is 8.58. The lowest BCUT2D eigenvalue weighted by atomic mass is 10.0. The van der Waals surface area contributed by atoms with Crippen LogP contribution >= 0.6 is 0 Å². The number of aromatic nitrogens is 2. The highest BCUT2D eigenvalue weighted by atomic mass is 19.4. The van der Waals surface area contributed by atoms with Gasteiger partial charge in [-0.1, -0.05) is 12.1 Å². The first-order valence-electron chi connectivity index (χ1n) is 9.33. The van der Waals surface area contributed by atoms with Gasteiger partial charge in [0, 0.05) is 36.0 Å². The summed E-state index contributed by atoms with van der Waals surface area (Å²) in [4.78, 5) is 23.4. The zero-order valence-corrected chi connectivity index (χ0v) is 16.7. The maximum absolute atomic E-state index is 12.8. The van der Waals surface area contributed by atoms with Crippen LogP contribution in [0.4, 0.5) is 18.9 Å². The number of nitrogens with zero attached hydrogens (tertiary/aromatic N) is 3. The number of amides is 1. The Hall–Kier alpha value is -3.69. The maximum atomic E-state index is 12.8. The van der Waals surface area contributed by atoms with Crippen LogP contribution in [0, 0.1) is 10.1 Å². The van der Waals surface area contributed by atoms with E-state index in [4.69, 9.17) is 0 Å². The maximum Gasteiger partial charge on any atom is 0.416 e. The highest BCUT2D eigenvalue weighted by Crippen LogP contribution is 2.31. The van der Waals surface area contributed by atoms with E-state index in [1.165, 1.54) is 36.5 Å². The Kier molecular flexibility index (Phi) is 6.09. The van der Waals surface area contributed by atoms with Gasteiger partial charge in [-0.3, -0.25) is 19.6 Å². The average Bonchev–Trinajstić information content (AvgIpc) is 3.21. The number of benzene rings is 2. The van der Waals surface area contributed by atoms with Crippen molar-refractivity contribution in [2.24, 2.45) is 0 Å². The molecular formula is C21H19F3N4O3. The van der Waals surface area contributed by atoms with Crippen molar-refractivity contribution in [2.75, 3.05) is 0 Å². The van der Waals surface area contributed by atoms with Crippen molar-refractivity contribution >= 4 is 11.6 Å². The Balaban J connectivity index is 1.84. The van der Waals surface area contributed by atoms with E-state index >= 15 is 0 Å². The zero-order chi connectivity index (χ0) is 22.8. The van der Waals surface area contributed by atoms with Crippen molar-refractivity contribution in [3.05, 3.63) is 81.7 Å². The van der Waals surface area contributed by atoms with Crippen molar-refractivity contribution in [2.45, 2.75) is 32.6 Å². The quantitative estimate of drug-likeness (QED) is 0.439. The summed E-state index contributed by atoms with van der Waals surface area (Å²) in [5.74, 6) is -0.565. The van der Waals surface area contributed by atoms with Gasteiger partial charge in [-0.15, -0.1) is 0 Å². The average molecular weight is 432 g/mol. The fourth-order valence-electron chi connectivity index (χ4n) is 2.97. The van der Waals surface area contributed by atoms with Crippen molar-refractivity contribution in [1.29, 1.82) is 0 Å². The van der Waals surface area contributed by atoms with E-state index in [2.05, 4.69) is 10.4 Å². The van der Waals surface area contributed by atoms with Crippen LogP contribution in [0.25, 0.3) is 11.1 Å². The van der Waals surface area contributed by atoms with E-state index < -0.39 is 22.6 Å². The van der Waals surface area contributed by atoms with Crippen molar-refractivity contribution in [1.82, 2.24) is 15.1 Å². The number of rotatable bonds is 6. The highest BCUT2D eigenvalue weighted by Gasteiger charge is 2.30. The molecular weight excluding hydrogens is 413 g/mol. The molecule has 0 saturated heterocycles. The largest absolute Gasteiger partial charge is 0.416 e. The number of alkyl halides is 3. The summed E-state index contributed by atoms with van der Waals surface area (Å²) in [5, 5.41) is 18.1. The minimum Gasteiger partial charge on any atom is -0.348 e. The van der Waals surface area contributed by atoms with Gasteiger partial charge in [-0.05, 0) is 43.7 Å². The number of hydrogen-bond donors (Lipinski definition) is 1. The summed E-state index contributed by atoms with van der Waals surface area (Å²) in [6, 6.07) is 8.59. The van der Waals surface area contributed by atoms with E-state index in [1.54, 1.807) is 10.9 Å². The first kappa shape index (κ1) is 22.0. The minimum atomic E-state index is -4.48. The number of carbonyl (C=O) groups excluding carboxylic acids is 1. The molecule has 1 amide bonds. The molecule has 3 aromatic rings. The van der Waals surface area contributed by atoms with Crippen LogP contribution in [-0.4, -0.2) is 20.6 Å². The summed E-state index contributed by atoms with van der Waals surface area (Å²) in [7, 11) is 0. The smallest absolute Gasteiger partial charge is 0.348 e. The van der Waals surface area contributed by atoms with Gasteiger partial charge in [0.05, 0.1) is 22.2 Å². The van der Waals surface area contributed by atoms with E-state index in [9.17, 15) is 28.1 Å². The van der Waals surface area contributed by atoms with Crippen LogP contribution in [0.15, 0.2) is 54.9 Å². The predicted octanol–water partition coefficient (Wildman–Crippen LogP) is 4.99. The number of nitro benzene ring substituents is 1. The third kappa shape index (κ3) is 5.08. The van der Waals surface area contributed by atoms with Gasteiger partial charge in [-0.25, -0.2) is 0 Å². The Morgan fingerprint density at radius 1 is 1.23 bits per heavy atom. The molecule has 0 aliphatic carbocycles. The molecule has 0 aliphatic rings. The Morgan fingerprint density at radius 3 is 2.58 bits per heavy atom. The third-order valence-electron chi connectivity index (χ3n) is 4.60. The SMILES string of the molecule is CC(C)n1cc(-c2cc(C(=O)NCc3cccc(C(F)(F)F)c3)ccc2[N+](=O)[O-])cn1. The molecule has 0 unspecified atom stereocenters. The number of halogens is 3. The summed E-state index contributed by atoms with van der Waals surface area (Å²) in [6.07, 6.45) is -1.35. The fraction of sp³-hybridized carbons (Fsp3) is 0.238. The van der Waals surface area contributed by atoms with Crippen LogP contribution in [0.2, 0.25) is 0 Å². The van der Waals surface area contributed by atoms with Crippen LogP contribution in [0.5, 0.6) is 0 Å². The van der Waals surface area contributed by atoms with Crippen molar-refractivity contribution < 1.29 is 22.9 Å². The summed E-state index contributed by atoms with van der Waals surface area (Å²) >= 11 is 0. The molecule has 0 spiro atoms. The summed E-state index contributed by atoms with van der Waals surface area (Å²) in [5.41, 5.74) is 0.140. The fourth-order valence-corrected chi connectivity index (χ4v) is 2.97. The lowest BCUT2D eigenvalue weighted by molar-refractivity contribution is -0.384. The number of carbonyl (C=O) groups is 1. The first-order chi connectivity index (χ1) is 14.6. The van der Waals surface area contributed by atoms with E-state index in [0.717, 1.165) is 12.1 Å². The van der Waals surface area contributed by atoms with Gasteiger partial charge in [0.1, 0.15) is 0 Å². The van der Waals surface area contributed by atoms with Crippen molar-refractivity contribution in [3.8, 4) is 11.1 Å². The normalized spacial score (nSPS) is 11.5. The minimum absolute atomic E-state index is 0.0479. The second-order valence-electron chi connectivity index (χ2n) is 7.17. The van der Waals surface area contributed by atoms with Crippen LogP contribution in [-0.2, 0) is 12.7 Å². The number of nitro groups is 1. The topological polar surface area (TPSA) is 90.1 Å². The van der Waals surface area contributed by atoms with Crippen LogP contribution in [0.1, 0.15) is 41.4 Å². The first-order valence-corrected chi connectivity index (χ1v) is 9.33. The molecule has 162 valence electrons. The lowest BCUT2D eigenvalue weighted by Gasteiger charge is -2.10. The second-order valence-corrected chi connectivity index (χ2v) is 7.17. The van der Waals surface area contributed by atoms with E-state index in [1.807, 2.05) is 13.8 Å². The Labute approximate surface area is 175 Å². The zero-order valence-electron chi connectivity index (χ0n) is 16.7. The molecule has 31 heavy (non-hydrogen) atoms. The summed E-state index contributed by atoms with van der Waals surface area (Å²) in [6.45, 7) is 3.69. The van der Waals surface area contributed by atoms with E-state index in [-0.39, 0.29) is 35.0 Å². The molecule has 1 heterocycles. The molecule has 0 bridgehead atoms. The Morgan fingerprint density at radius 2 is 1.97 bits per heavy atom. The molecule has 10 heteroatoms. The predicted molar refractivity (Wildman–Crippen MR) is 107 cm³/mol.